The summed E-state index contributed by atoms with van der Waals surface area (Å²) in [6.45, 7) is 1.44. The Kier molecular flexibility index (Phi) is 4.61. The number of aromatic nitrogens is 2. The summed E-state index contributed by atoms with van der Waals surface area (Å²) in [5.74, 6) is 0.978. The fourth-order valence-electron chi connectivity index (χ4n) is 1.94. The van der Waals surface area contributed by atoms with Crippen molar-refractivity contribution in [3.05, 3.63) is 30.2 Å². The highest BCUT2D eigenvalue weighted by atomic mass is 32.2. The van der Waals surface area contributed by atoms with E-state index in [1.165, 1.54) is 18.7 Å². The molecule has 1 heterocycles. The summed E-state index contributed by atoms with van der Waals surface area (Å²) in [5, 5.41) is 13.7. The van der Waals surface area contributed by atoms with Gasteiger partial charge in [-0.15, -0.1) is 10.2 Å². The number of carbonyl (C=O) groups excluding carboxylic acids is 2. The summed E-state index contributed by atoms with van der Waals surface area (Å²) in [7, 11) is 0. The molecule has 8 heteroatoms. The third kappa shape index (κ3) is 4.56. The topological polar surface area (TPSA) is 97.1 Å². The van der Waals surface area contributed by atoms with Crippen LogP contribution in [0.4, 0.5) is 11.4 Å². The lowest BCUT2D eigenvalue weighted by atomic mass is 10.3. The summed E-state index contributed by atoms with van der Waals surface area (Å²) in [4.78, 5) is 22.8. The monoisotopic (exact) mass is 332 g/mol. The number of benzene rings is 1. The van der Waals surface area contributed by atoms with Crippen molar-refractivity contribution in [2.75, 3.05) is 16.4 Å². The Morgan fingerprint density at radius 3 is 2.43 bits per heavy atom. The minimum atomic E-state index is -0.159. The Morgan fingerprint density at radius 1 is 1.17 bits per heavy atom. The van der Waals surface area contributed by atoms with Crippen LogP contribution in [0.5, 0.6) is 0 Å². The summed E-state index contributed by atoms with van der Waals surface area (Å²) in [6, 6.07) is 6.91. The zero-order valence-corrected chi connectivity index (χ0v) is 13.4. The van der Waals surface area contributed by atoms with Crippen LogP contribution in [0, 0.1) is 0 Å². The molecule has 2 N–H and O–H groups in total. The zero-order chi connectivity index (χ0) is 16.2. The number of carbonyl (C=O) groups is 2. The first-order valence-electron chi connectivity index (χ1n) is 7.24. The molecule has 1 aliphatic carbocycles. The predicted octanol–water partition coefficient (Wildman–Crippen LogP) is 2.64. The summed E-state index contributed by atoms with van der Waals surface area (Å²) < 4.78 is 5.48. The van der Waals surface area contributed by atoms with Gasteiger partial charge in [-0.2, -0.15) is 0 Å². The van der Waals surface area contributed by atoms with Gasteiger partial charge in [0.2, 0.25) is 17.7 Å². The molecule has 0 bridgehead atoms. The molecule has 1 aliphatic rings. The van der Waals surface area contributed by atoms with Gasteiger partial charge in [0.1, 0.15) is 0 Å². The number of thioether (sulfide) groups is 1. The first-order chi connectivity index (χ1) is 11.1. The van der Waals surface area contributed by atoms with Gasteiger partial charge in [-0.1, -0.05) is 11.8 Å². The molecule has 3 rings (SSSR count). The van der Waals surface area contributed by atoms with Crippen molar-refractivity contribution in [3.63, 3.8) is 0 Å². The van der Waals surface area contributed by atoms with Crippen LogP contribution in [-0.2, 0) is 9.59 Å². The Hall–Kier alpha value is -2.35. The molecule has 2 aromatic rings. The largest absolute Gasteiger partial charge is 0.416 e. The van der Waals surface area contributed by atoms with E-state index in [1.807, 2.05) is 0 Å². The molecule has 0 saturated heterocycles. The normalized spacial score (nSPS) is 13.6. The Bertz CT molecular complexity index is 710. The number of amides is 2. The molecule has 0 atom stereocenters. The maximum absolute atomic E-state index is 11.9. The molecular formula is C15H16N4O3S. The molecule has 1 aromatic carbocycles. The van der Waals surface area contributed by atoms with Gasteiger partial charge in [-0.3, -0.25) is 9.59 Å². The van der Waals surface area contributed by atoms with Crippen molar-refractivity contribution in [2.24, 2.45) is 0 Å². The second-order valence-corrected chi connectivity index (χ2v) is 6.20. The van der Waals surface area contributed by atoms with Crippen molar-refractivity contribution in [3.8, 4) is 0 Å². The quantitative estimate of drug-likeness (QED) is 0.789. The molecule has 2 amide bonds. The lowest BCUT2D eigenvalue weighted by Gasteiger charge is -2.06. The average molecular weight is 332 g/mol. The molecule has 0 aliphatic heterocycles. The molecule has 7 nitrogen and oxygen atoms in total. The number of nitrogens with zero attached hydrogens (tertiary/aromatic N) is 2. The predicted molar refractivity (Wildman–Crippen MR) is 86.4 cm³/mol. The SMILES string of the molecule is CC(=O)Nc1ccc(NC(=O)CSc2nnc(C3CC3)o2)cc1. The highest BCUT2D eigenvalue weighted by Gasteiger charge is 2.29. The van der Waals surface area contributed by atoms with E-state index in [1.54, 1.807) is 24.3 Å². The Balaban J connectivity index is 1.47. The van der Waals surface area contributed by atoms with Crippen LogP contribution >= 0.6 is 11.8 Å². The lowest BCUT2D eigenvalue weighted by molar-refractivity contribution is -0.114. The standard InChI is InChI=1S/C15H16N4O3S/c1-9(20)16-11-4-6-12(7-5-11)17-13(21)8-23-15-19-18-14(22-15)10-2-3-10/h4-7,10H,2-3,8H2,1H3,(H,16,20)(H,17,21). The van der Waals surface area contributed by atoms with E-state index in [2.05, 4.69) is 20.8 Å². The van der Waals surface area contributed by atoms with Crippen LogP contribution in [0.2, 0.25) is 0 Å². The number of anilines is 2. The molecule has 120 valence electrons. The average Bonchev–Trinajstić information content (AvgIpc) is 3.26. The van der Waals surface area contributed by atoms with E-state index in [0.29, 0.717) is 28.4 Å². The van der Waals surface area contributed by atoms with E-state index in [-0.39, 0.29) is 17.6 Å². The van der Waals surface area contributed by atoms with Crippen LogP contribution in [0.15, 0.2) is 33.9 Å². The number of hydrogen-bond donors (Lipinski definition) is 2. The second-order valence-electron chi connectivity index (χ2n) is 5.28. The van der Waals surface area contributed by atoms with Gasteiger partial charge in [0, 0.05) is 24.2 Å². The van der Waals surface area contributed by atoms with Crippen molar-refractivity contribution in [2.45, 2.75) is 30.9 Å². The van der Waals surface area contributed by atoms with Gasteiger partial charge in [0.05, 0.1) is 5.75 Å². The molecule has 0 unspecified atom stereocenters. The fraction of sp³-hybridized carbons (Fsp3) is 0.333. The number of hydrogen-bond acceptors (Lipinski definition) is 6. The highest BCUT2D eigenvalue weighted by Crippen LogP contribution is 2.39. The van der Waals surface area contributed by atoms with Gasteiger partial charge >= 0.3 is 0 Å². The van der Waals surface area contributed by atoms with Gasteiger partial charge in [0.25, 0.3) is 5.22 Å². The van der Waals surface area contributed by atoms with Crippen molar-refractivity contribution < 1.29 is 14.0 Å². The van der Waals surface area contributed by atoms with E-state index in [4.69, 9.17) is 4.42 Å². The van der Waals surface area contributed by atoms with E-state index >= 15 is 0 Å². The molecule has 23 heavy (non-hydrogen) atoms. The summed E-state index contributed by atoms with van der Waals surface area (Å²) in [5.41, 5.74) is 1.34. The van der Waals surface area contributed by atoms with Crippen LogP contribution in [0.1, 0.15) is 31.6 Å². The first kappa shape index (κ1) is 15.5. The van der Waals surface area contributed by atoms with Crippen LogP contribution in [-0.4, -0.2) is 27.8 Å². The maximum atomic E-state index is 11.9. The van der Waals surface area contributed by atoms with Crippen molar-refractivity contribution >= 4 is 35.0 Å². The van der Waals surface area contributed by atoms with E-state index in [9.17, 15) is 9.59 Å². The Labute approximate surface area is 137 Å². The molecular weight excluding hydrogens is 316 g/mol. The van der Waals surface area contributed by atoms with E-state index in [0.717, 1.165) is 12.8 Å². The highest BCUT2D eigenvalue weighted by molar-refractivity contribution is 7.99. The van der Waals surface area contributed by atoms with Gasteiger partial charge in [0.15, 0.2) is 0 Å². The molecule has 1 fully saturated rings. The van der Waals surface area contributed by atoms with Crippen LogP contribution < -0.4 is 10.6 Å². The maximum Gasteiger partial charge on any atom is 0.277 e. The van der Waals surface area contributed by atoms with Gasteiger partial charge in [-0.05, 0) is 37.1 Å². The minimum absolute atomic E-state index is 0.136. The van der Waals surface area contributed by atoms with Crippen LogP contribution in [0.25, 0.3) is 0 Å². The first-order valence-corrected chi connectivity index (χ1v) is 8.22. The fourth-order valence-corrected chi connectivity index (χ4v) is 2.51. The van der Waals surface area contributed by atoms with Crippen molar-refractivity contribution in [1.82, 2.24) is 10.2 Å². The smallest absolute Gasteiger partial charge is 0.277 e. The summed E-state index contributed by atoms with van der Waals surface area (Å²) >= 11 is 1.22. The van der Waals surface area contributed by atoms with Crippen LogP contribution in [0.3, 0.4) is 0 Å². The Morgan fingerprint density at radius 2 is 1.83 bits per heavy atom. The van der Waals surface area contributed by atoms with Gasteiger partial charge in [-0.25, -0.2) is 0 Å². The third-order valence-corrected chi connectivity index (χ3v) is 3.98. The second kappa shape index (κ2) is 6.82. The molecule has 1 saturated carbocycles. The number of rotatable bonds is 6. The zero-order valence-electron chi connectivity index (χ0n) is 12.5. The number of nitrogens with one attached hydrogen (secondary N) is 2. The summed E-state index contributed by atoms with van der Waals surface area (Å²) in [6.07, 6.45) is 2.20. The van der Waals surface area contributed by atoms with E-state index < -0.39 is 0 Å². The minimum Gasteiger partial charge on any atom is -0.416 e. The van der Waals surface area contributed by atoms with Gasteiger partial charge < -0.3 is 15.1 Å². The lowest BCUT2D eigenvalue weighted by Crippen LogP contribution is -2.14. The molecule has 0 spiro atoms. The molecule has 1 aromatic heterocycles. The third-order valence-electron chi connectivity index (χ3n) is 3.16. The molecule has 0 radical (unpaired) electrons. The van der Waals surface area contributed by atoms with Crippen molar-refractivity contribution in [1.29, 1.82) is 0 Å².